The Bertz CT molecular complexity index is 1490. The standard InChI is InChI=1S/C26H11O8P.2Na/c1-3-5-7-9-11-12-13-15-17-19-21-26(28)34-24(23-33-35(29,30)31)22-32-25(27)20-18-16-14-10-8-6-4-2;;/h1,24H,22-23H2,2H3,(H2,29,30,31);;/q;2*+1/p-2/t24-;;/m1../s1. The van der Waals surface area contributed by atoms with Gasteiger partial charge >= 0.3 is 71.1 Å². The Morgan fingerprint density at radius 3 is 1.62 bits per heavy atom. The van der Waals surface area contributed by atoms with Crippen LogP contribution in [0.4, 0.5) is 0 Å². The Hall–Kier alpha value is -3.35. The summed E-state index contributed by atoms with van der Waals surface area (Å²) in [5.41, 5.74) is 0. The van der Waals surface area contributed by atoms with Crippen LogP contribution >= 0.6 is 7.82 Å². The first-order valence-corrected chi connectivity index (χ1v) is 10.2. The van der Waals surface area contributed by atoms with Gasteiger partial charge in [0.2, 0.25) is 0 Å². The summed E-state index contributed by atoms with van der Waals surface area (Å²) in [6.07, 6.45) is 3.40. The fraction of sp³-hybridized carbons (Fsp3) is 0.154. The fourth-order valence-electron chi connectivity index (χ4n) is 1.28. The zero-order valence-electron chi connectivity index (χ0n) is 19.8. The molecule has 0 unspecified atom stereocenters. The molecule has 168 valence electrons. The Labute approximate surface area is 259 Å². The van der Waals surface area contributed by atoms with E-state index in [4.69, 9.17) is 15.9 Å². The third-order valence-electron chi connectivity index (χ3n) is 2.43. The minimum absolute atomic E-state index is 0. The molecule has 0 amide bonds. The fourth-order valence-corrected chi connectivity index (χ4v) is 1.63. The van der Waals surface area contributed by atoms with E-state index in [1.165, 1.54) is 0 Å². The molecule has 8 nitrogen and oxygen atoms in total. The average Bonchev–Trinajstić information content (AvgIpc) is 2.81. The Morgan fingerprint density at radius 1 is 0.730 bits per heavy atom. The van der Waals surface area contributed by atoms with Crippen molar-refractivity contribution < 1.29 is 97.1 Å². The van der Waals surface area contributed by atoms with E-state index in [1.807, 2.05) is 11.8 Å². The predicted octanol–water partition coefficient (Wildman–Crippen LogP) is -8.02. The van der Waals surface area contributed by atoms with Gasteiger partial charge in [-0.05, 0) is 102 Å². The van der Waals surface area contributed by atoms with Gasteiger partial charge < -0.3 is 28.3 Å². The third-order valence-corrected chi connectivity index (χ3v) is 2.90. The number of carbonyl (C=O) groups excluding carboxylic acids is 2. The van der Waals surface area contributed by atoms with Gasteiger partial charge in [0.25, 0.3) is 0 Å². The van der Waals surface area contributed by atoms with E-state index in [9.17, 15) is 23.9 Å². The van der Waals surface area contributed by atoms with Crippen LogP contribution in [0.25, 0.3) is 0 Å². The SMILES string of the molecule is C#CC#CC#CC#CC#CC#CC(=O)O[C@H](COC(=O)C#CC#CC#CC#CC)COP(=O)([O-])[O-].[Na+].[Na+]. The van der Waals surface area contributed by atoms with Crippen LogP contribution in [0.1, 0.15) is 6.92 Å². The second-order valence-electron chi connectivity index (χ2n) is 4.89. The van der Waals surface area contributed by atoms with Crippen molar-refractivity contribution >= 4 is 19.8 Å². The maximum Gasteiger partial charge on any atom is 1.00 e. The molecule has 0 aliphatic rings. The summed E-state index contributed by atoms with van der Waals surface area (Å²) in [5, 5.41) is 0. The molecule has 0 heterocycles. The first-order valence-electron chi connectivity index (χ1n) is 8.72. The van der Waals surface area contributed by atoms with E-state index in [0.717, 1.165) is 0 Å². The summed E-state index contributed by atoms with van der Waals surface area (Å²) in [5.74, 6) is 40.7. The molecule has 0 aliphatic carbocycles. The van der Waals surface area contributed by atoms with E-state index in [1.54, 1.807) is 6.92 Å². The van der Waals surface area contributed by atoms with E-state index in [0.29, 0.717) is 0 Å². The third kappa shape index (κ3) is 28.8. The van der Waals surface area contributed by atoms with Crippen molar-refractivity contribution in [2.75, 3.05) is 13.2 Å². The molecule has 0 aromatic rings. The van der Waals surface area contributed by atoms with E-state index >= 15 is 0 Å². The minimum atomic E-state index is -5.39. The van der Waals surface area contributed by atoms with E-state index in [-0.39, 0.29) is 59.1 Å². The maximum absolute atomic E-state index is 11.7. The van der Waals surface area contributed by atoms with Crippen LogP contribution in [-0.2, 0) is 28.2 Å². The molecule has 0 aliphatic heterocycles. The molecule has 0 saturated heterocycles. The summed E-state index contributed by atoms with van der Waals surface area (Å²) in [6.45, 7) is -0.0278. The molecule has 0 aromatic heterocycles. The van der Waals surface area contributed by atoms with Gasteiger partial charge in [0.15, 0.2) is 6.10 Å². The summed E-state index contributed by atoms with van der Waals surface area (Å²) in [7, 11) is -5.39. The number of carbonyl (C=O) groups is 2. The van der Waals surface area contributed by atoms with Crippen molar-refractivity contribution in [2.24, 2.45) is 0 Å². The van der Waals surface area contributed by atoms with Crippen molar-refractivity contribution in [3.8, 4) is 119 Å². The molecule has 11 heteroatoms. The molecular weight excluding hydrogens is 517 g/mol. The van der Waals surface area contributed by atoms with Crippen molar-refractivity contribution in [1.29, 1.82) is 0 Å². The predicted molar refractivity (Wildman–Crippen MR) is 119 cm³/mol. The number of rotatable bonds is 6. The molecule has 1 atom stereocenters. The quantitative estimate of drug-likeness (QED) is 0.110. The number of hydrogen-bond donors (Lipinski definition) is 0. The van der Waals surface area contributed by atoms with Crippen LogP contribution in [0.3, 0.4) is 0 Å². The summed E-state index contributed by atoms with van der Waals surface area (Å²) >= 11 is 0. The molecular formula is C26H9Na2O8P. The largest absolute Gasteiger partial charge is 1.00 e. The van der Waals surface area contributed by atoms with E-state index in [2.05, 4.69) is 105 Å². The van der Waals surface area contributed by atoms with Gasteiger partial charge in [-0.1, -0.05) is 5.92 Å². The smallest absolute Gasteiger partial charge is 0.790 e. The molecule has 0 spiro atoms. The number of esters is 2. The maximum atomic E-state index is 11.7. The van der Waals surface area contributed by atoms with Gasteiger partial charge in [-0.25, -0.2) is 9.59 Å². The average molecular weight is 526 g/mol. The second kappa shape index (κ2) is 25.7. The van der Waals surface area contributed by atoms with Gasteiger partial charge in [-0.15, -0.1) is 6.42 Å². The zero-order valence-corrected chi connectivity index (χ0v) is 24.7. The summed E-state index contributed by atoms with van der Waals surface area (Å²) in [6, 6.07) is 0. The number of ether oxygens (including phenoxy) is 2. The van der Waals surface area contributed by atoms with Crippen molar-refractivity contribution in [3.05, 3.63) is 0 Å². The van der Waals surface area contributed by atoms with Crippen LogP contribution in [-0.4, -0.2) is 31.3 Å². The molecule has 0 saturated carbocycles. The summed E-state index contributed by atoms with van der Waals surface area (Å²) < 4.78 is 24.2. The van der Waals surface area contributed by atoms with Gasteiger partial charge in [-0.3, -0.25) is 0 Å². The Balaban J connectivity index is -0.00000578. The second-order valence-corrected chi connectivity index (χ2v) is 6.04. The summed E-state index contributed by atoms with van der Waals surface area (Å²) in [4.78, 5) is 44.6. The first kappa shape index (κ1) is 38.2. The van der Waals surface area contributed by atoms with Crippen molar-refractivity contribution in [1.82, 2.24) is 0 Å². The number of terminal acetylenes is 1. The van der Waals surface area contributed by atoms with Crippen LogP contribution in [0, 0.1) is 119 Å². The van der Waals surface area contributed by atoms with Crippen LogP contribution in [0.15, 0.2) is 0 Å². The topological polar surface area (TPSA) is 125 Å². The molecule has 37 heavy (non-hydrogen) atoms. The molecule has 0 N–H and O–H groups in total. The number of hydrogen-bond acceptors (Lipinski definition) is 8. The van der Waals surface area contributed by atoms with Gasteiger partial charge in [0, 0.05) is 11.8 Å². The molecule has 0 fully saturated rings. The normalized spacial score (nSPS) is 7.62. The van der Waals surface area contributed by atoms with Crippen LogP contribution < -0.4 is 68.9 Å². The number of phosphoric acid groups is 1. The van der Waals surface area contributed by atoms with Gasteiger partial charge in [0.05, 0.1) is 14.4 Å². The Morgan fingerprint density at radius 2 is 1.16 bits per heavy atom. The molecule has 0 rings (SSSR count). The molecule has 0 bridgehead atoms. The van der Waals surface area contributed by atoms with Crippen molar-refractivity contribution in [2.45, 2.75) is 13.0 Å². The van der Waals surface area contributed by atoms with Gasteiger partial charge in [-0.2, -0.15) is 0 Å². The van der Waals surface area contributed by atoms with Gasteiger partial charge in [0.1, 0.15) is 6.61 Å². The first-order chi connectivity index (χ1) is 16.8. The zero-order chi connectivity index (χ0) is 26.2. The van der Waals surface area contributed by atoms with Crippen molar-refractivity contribution in [3.63, 3.8) is 0 Å². The molecule has 0 aromatic carbocycles. The minimum Gasteiger partial charge on any atom is -0.790 e. The van der Waals surface area contributed by atoms with Crippen LogP contribution in [0.2, 0.25) is 0 Å². The Kier molecular flexibility index (Phi) is 26.6. The monoisotopic (exact) mass is 526 g/mol. The van der Waals surface area contributed by atoms with E-state index < -0.39 is 39.1 Å². The molecule has 0 radical (unpaired) electrons. The number of phosphoric ester groups is 1. The van der Waals surface area contributed by atoms with Crippen LogP contribution in [0.5, 0.6) is 0 Å².